The lowest BCUT2D eigenvalue weighted by atomic mass is 10.2. The summed E-state index contributed by atoms with van der Waals surface area (Å²) in [5, 5.41) is 2.82. The third kappa shape index (κ3) is 4.44. The summed E-state index contributed by atoms with van der Waals surface area (Å²) in [6, 6.07) is -1.88. The molecule has 0 amide bonds. The number of rotatable bonds is 6. The molecule has 0 aliphatic rings. The average Bonchev–Trinajstić information content (AvgIpc) is 2.45. The molecule has 0 heterocycles. The Kier molecular flexibility index (Phi) is 5.94. The summed E-state index contributed by atoms with van der Waals surface area (Å²) in [7, 11) is 0. The topological polar surface area (TPSA) is 33.6 Å². The van der Waals surface area contributed by atoms with Crippen molar-refractivity contribution in [3.05, 3.63) is 28.8 Å². The highest BCUT2D eigenvalue weighted by atomic mass is 35.5. The van der Waals surface area contributed by atoms with Crippen LogP contribution in [0.5, 0.6) is 5.75 Å². The van der Waals surface area contributed by atoms with Crippen LogP contribution in [0.4, 0.5) is 30.7 Å². The molecule has 3 nitrogen and oxygen atoms in total. The first kappa shape index (κ1) is 19.9. The molecule has 24 heavy (non-hydrogen) atoms. The van der Waals surface area contributed by atoms with Crippen LogP contribution in [0, 0.1) is 12.3 Å². The molecule has 0 aliphatic carbocycles. The van der Waals surface area contributed by atoms with Crippen molar-refractivity contribution in [2.45, 2.75) is 18.1 Å². The van der Waals surface area contributed by atoms with Gasteiger partial charge in [-0.25, -0.2) is 5.43 Å². The Morgan fingerprint density at radius 3 is 2.38 bits per heavy atom. The van der Waals surface area contributed by atoms with Gasteiger partial charge in [0.1, 0.15) is 12.4 Å². The van der Waals surface area contributed by atoms with Gasteiger partial charge in [-0.15, -0.1) is 6.42 Å². The second kappa shape index (κ2) is 7.17. The minimum Gasteiger partial charge on any atom is -0.480 e. The largest absolute Gasteiger partial charge is 0.480 e. The molecular formula is C13H8ClF7N2O. The predicted molar refractivity (Wildman–Crippen MR) is 72.5 cm³/mol. The van der Waals surface area contributed by atoms with Gasteiger partial charge in [0.25, 0.3) is 0 Å². The minimum absolute atomic E-state index is 0.00815. The zero-order valence-electron chi connectivity index (χ0n) is 11.5. The van der Waals surface area contributed by atoms with E-state index in [0.29, 0.717) is 11.6 Å². The van der Waals surface area contributed by atoms with Gasteiger partial charge in [0.2, 0.25) is 0 Å². The highest BCUT2D eigenvalue weighted by molar-refractivity contribution is 6.30. The number of halogens is 8. The molecule has 132 valence electrons. The maximum absolute atomic E-state index is 13.0. The normalized spacial score (nSPS) is 13.0. The number of benzene rings is 1. The van der Waals surface area contributed by atoms with Gasteiger partial charge >= 0.3 is 18.1 Å². The summed E-state index contributed by atoms with van der Waals surface area (Å²) in [6.07, 6.45) is -0.956. The molecule has 1 aromatic rings. The van der Waals surface area contributed by atoms with Gasteiger partial charge in [-0.05, 0) is 18.2 Å². The van der Waals surface area contributed by atoms with E-state index < -0.39 is 18.1 Å². The summed E-state index contributed by atoms with van der Waals surface area (Å²) in [6.45, 7) is -0.210. The van der Waals surface area contributed by atoms with Crippen molar-refractivity contribution in [3.63, 3.8) is 0 Å². The van der Waals surface area contributed by atoms with E-state index in [1.807, 2.05) is 0 Å². The summed E-state index contributed by atoms with van der Waals surface area (Å²) in [5.41, 5.74) is 0.411. The Hall–Kier alpha value is -2.15. The van der Waals surface area contributed by atoms with Crippen LogP contribution in [0.15, 0.2) is 23.3 Å². The smallest absolute Gasteiger partial charge is 0.462 e. The lowest BCUT2D eigenvalue weighted by Crippen LogP contribution is -2.58. The summed E-state index contributed by atoms with van der Waals surface area (Å²) in [4.78, 5) is 0. The van der Waals surface area contributed by atoms with E-state index in [4.69, 9.17) is 22.8 Å². The van der Waals surface area contributed by atoms with E-state index in [1.165, 1.54) is 12.1 Å². The number of nitrogens with one attached hydrogen (secondary N) is 1. The Labute approximate surface area is 136 Å². The molecule has 0 saturated carbocycles. The zero-order valence-corrected chi connectivity index (χ0v) is 12.2. The van der Waals surface area contributed by atoms with E-state index in [2.05, 4.69) is 11.0 Å². The van der Waals surface area contributed by atoms with E-state index in [-0.39, 0.29) is 22.9 Å². The maximum atomic E-state index is 13.0. The molecule has 0 saturated heterocycles. The van der Waals surface area contributed by atoms with Crippen LogP contribution in [0.3, 0.4) is 0 Å². The molecule has 0 radical (unpaired) electrons. The Bertz CT molecular complexity index is 653. The number of ether oxygens (including phenoxy) is 1. The van der Waals surface area contributed by atoms with Crippen molar-refractivity contribution >= 4 is 17.8 Å². The highest BCUT2D eigenvalue weighted by Gasteiger charge is 2.73. The molecule has 0 spiro atoms. The lowest BCUT2D eigenvalue weighted by molar-refractivity contribution is -0.361. The molecule has 1 aromatic carbocycles. The second-order valence-corrected chi connectivity index (χ2v) is 4.63. The van der Waals surface area contributed by atoms with Gasteiger partial charge in [-0.1, -0.05) is 17.5 Å². The van der Waals surface area contributed by atoms with E-state index in [1.54, 1.807) is 0 Å². The molecule has 0 aliphatic heterocycles. The van der Waals surface area contributed by atoms with Crippen molar-refractivity contribution in [2.24, 2.45) is 5.10 Å². The fraction of sp³-hybridized carbons (Fsp3) is 0.308. The molecule has 1 rings (SSSR count). The first-order valence-electron chi connectivity index (χ1n) is 5.91. The predicted octanol–water partition coefficient (Wildman–Crippen LogP) is 4.07. The minimum atomic E-state index is -6.46. The SMILES string of the molecule is C#CCOc1ccc(Cl)cc1/C=N\NC(F)(F)C(F)(F)C(F)(F)F. The van der Waals surface area contributed by atoms with Crippen LogP contribution in [0.25, 0.3) is 0 Å². The fourth-order valence-electron chi connectivity index (χ4n) is 1.30. The maximum Gasteiger partial charge on any atom is 0.462 e. The molecular weight excluding hydrogens is 369 g/mol. The molecule has 0 unspecified atom stereocenters. The fourth-order valence-corrected chi connectivity index (χ4v) is 1.48. The van der Waals surface area contributed by atoms with Gasteiger partial charge in [0, 0.05) is 10.6 Å². The number of alkyl halides is 7. The highest BCUT2D eigenvalue weighted by Crippen LogP contribution is 2.45. The molecule has 0 atom stereocenters. The Balaban J connectivity index is 2.98. The van der Waals surface area contributed by atoms with E-state index >= 15 is 0 Å². The number of terminal acetylenes is 1. The third-order valence-electron chi connectivity index (χ3n) is 2.44. The molecule has 11 heteroatoms. The van der Waals surface area contributed by atoms with Gasteiger partial charge in [0.05, 0.1) is 6.21 Å². The summed E-state index contributed by atoms with van der Waals surface area (Å²) >= 11 is 5.66. The van der Waals surface area contributed by atoms with Crippen LogP contribution in [-0.4, -0.2) is 31.0 Å². The standard InChI is InChI=1S/C13H8ClF7N2O/c1-2-5-24-10-4-3-9(14)6-8(10)7-22-23-13(20,21)11(15,16)12(17,18)19/h1,3-4,6-7,23H,5H2/b22-7-. The van der Waals surface area contributed by atoms with Crippen molar-refractivity contribution in [2.75, 3.05) is 6.61 Å². The molecule has 0 bridgehead atoms. The number of hydrogen-bond donors (Lipinski definition) is 1. The summed E-state index contributed by atoms with van der Waals surface area (Å²) in [5.74, 6) is -4.20. The summed E-state index contributed by atoms with van der Waals surface area (Å²) < 4.78 is 92.2. The van der Waals surface area contributed by atoms with Crippen LogP contribution < -0.4 is 10.2 Å². The van der Waals surface area contributed by atoms with Crippen molar-refractivity contribution in [1.29, 1.82) is 0 Å². The quantitative estimate of drug-likeness (QED) is 0.267. The number of hydrazone groups is 1. The van der Waals surface area contributed by atoms with E-state index in [0.717, 1.165) is 6.07 Å². The van der Waals surface area contributed by atoms with Crippen LogP contribution >= 0.6 is 11.6 Å². The van der Waals surface area contributed by atoms with Gasteiger partial charge in [-0.2, -0.15) is 35.8 Å². The van der Waals surface area contributed by atoms with Crippen LogP contribution in [0.1, 0.15) is 5.56 Å². The Morgan fingerprint density at radius 1 is 1.21 bits per heavy atom. The van der Waals surface area contributed by atoms with E-state index in [9.17, 15) is 30.7 Å². The van der Waals surface area contributed by atoms with Crippen LogP contribution in [0.2, 0.25) is 5.02 Å². The molecule has 0 fully saturated rings. The van der Waals surface area contributed by atoms with Crippen molar-refractivity contribution in [3.8, 4) is 18.1 Å². The molecule has 1 N–H and O–H groups in total. The van der Waals surface area contributed by atoms with Gasteiger partial charge < -0.3 is 4.74 Å². The van der Waals surface area contributed by atoms with Crippen LogP contribution in [-0.2, 0) is 0 Å². The van der Waals surface area contributed by atoms with Crippen molar-refractivity contribution < 1.29 is 35.5 Å². The number of nitrogens with zero attached hydrogens (tertiary/aromatic N) is 1. The average molecular weight is 377 g/mol. The Morgan fingerprint density at radius 2 is 1.83 bits per heavy atom. The van der Waals surface area contributed by atoms with Gasteiger partial charge in [-0.3, -0.25) is 0 Å². The lowest BCUT2D eigenvalue weighted by Gasteiger charge is -2.27. The first-order valence-corrected chi connectivity index (χ1v) is 6.28. The third-order valence-corrected chi connectivity index (χ3v) is 2.68. The number of hydrogen-bond acceptors (Lipinski definition) is 3. The zero-order chi connectivity index (χ0) is 18.6. The van der Waals surface area contributed by atoms with Gasteiger partial charge in [0.15, 0.2) is 0 Å². The second-order valence-electron chi connectivity index (χ2n) is 4.19. The molecule has 0 aromatic heterocycles. The first-order chi connectivity index (χ1) is 10.9. The van der Waals surface area contributed by atoms with Crippen molar-refractivity contribution in [1.82, 2.24) is 5.43 Å². The monoisotopic (exact) mass is 376 g/mol.